The fourth-order valence-electron chi connectivity index (χ4n) is 2.36. The molecule has 0 spiro atoms. The molecule has 90 valence electrons. The molecule has 2 aliphatic rings. The van der Waals surface area contributed by atoms with E-state index < -0.39 is 0 Å². The number of amides is 2. The van der Waals surface area contributed by atoms with Crippen LogP contribution in [0, 0.1) is 0 Å². The van der Waals surface area contributed by atoms with Crippen molar-refractivity contribution in [3.63, 3.8) is 0 Å². The van der Waals surface area contributed by atoms with Crippen molar-refractivity contribution in [3.8, 4) is 0 Å². The molecule has 0 saturated carbocycles. The molecule has 3 atom stereocenters. The molecular weight excluding hydrogens is 206 g/mol. The van der Waals surface area contributed by atoms with Gasteiger partial charge < -0.3 is 10.2 Å². The lowest BCUT2D eigenvalue weighted by molar-refractivity contribution is -0.129. The number of unbranched alkanes of at least 4 members (excludes halogenated alkanes) is 1. The summed E-state index contributed by atoms with van der Waals surface area (Å²) in [7, 11) is 0. The molecule has 2 heterocycles. The van der Waals surface area contributed by atoms with E-state index >= 15 is 0 Å². The van der Waals surface area contributed by atoms with E-state index in [1.165, 1.54) is 0 Å². The predicted molar refractivity (Wildman–Crippen MR) is 59.8 cm³/mol. The second kappa shape index (κ2) is 4.41. The SMILES string of the molecule is CCCCNC(=O)[C@@H]1NCC(=O)N2[C@H]1[C@H]2C. The second-order valence-corrected chi connectivity index (χ2v) is 4.54. The molecule has 2 saturated heterocycles. The van der Waals surface area contributed by atoms with Gasteiger partial charge in [0.2, 0.25) is 11.8 Å². The van der Waals surface area contributed by atoms with Gasteiger partial charge in [-0.25, -0.2) is 0 Å². The third-order valence-electron chi connectivity index (χ3n) is 3.38. The van der Waals surface area contributed by atoms with Crippen LogP contribution in [0.25, 0.3) is 0 Å². The van der Waals surface area contributed by atoms with Crippen LogP contribution >= 0.6 is 0 Å². The summed E-state index contributed by atoms with van der Waals surface area (Å²) in [6.07, 6.45) is 2.07. The Morgan fingerprint density at radius 1 is 1.62 bits per heavy atom. The maximum Gasteiger partial charge on any atom is 0.239 e. The molecular formula is C11H19N3O2. The minimum Gasteiger partial charge on any atom is -0.355 e. The maximum atomic E-state index is 11.9. The van der Waals surface area contributed by atoms with Crippen molar-refractivity contribution in [2.45, 2.75) is 44.8 Å². The average Bonchev–Trinajstić information content (AvgIpc) is 2.92. The lowest BCUT2D eigenvalue weighted by atomic mass is 10.1. The first-order valence-corrected chi connectivity index (χ1v) is 5.99. The summed E-state index contributed by atoms with van der Waals surface area (Å²) in [5.41, 5.74) is 0. The highest BCUT2D eigenvalue weighted by molar-refractivity contribution is 5.90. The van der Waals surface area contributed by atoms with E-state index in [0.717, 1.165) is 19.4 Å². The number of piperazine rings is 1. The maximum absolute atomic E-state index is 11.9. The molecule has 0 aliphatic carbocycles. The highest BCUT2D eigenvalue weighted by Crippen LogP contribution is 2.33. The van der Waals surface area contributed by atoms with Crippen LogP contribution in [0.1, 0.15) is 26.7 Å². The van der Waals surface area contributed by atoms with Gasteiger partial charge in [0, 0.05) is 6.54 Å². The van der Waals surface area contributed by atoms with Gasteiger partial charge in [0.15, 0.2) is 0 Å². The van der Waals surface area contributed by atoms with E-state index in [4.69, 9.17) is 0 Å². The normalized spacial score (nSPS) is 32.2. The molecule has 0 radical (unpaired) electrons. The summed E-state index contributed by atoms with van der Waals surface area (Å²) in [5.74, 6) is 0.135. The van der Waals surface area contributed by atoms with Crippen molar-refractivity contribution in [2.24, 2.45) is 0 Å². The number of hydrogen-bond acceptors (Lipinski definition) is 3. The van der Waals surface area contributed by atoms with Gasteiger partial charge in [-0.3, -0.25) is 14.9 Å². The molecule has 2 fully saturated rings. The third-order valence-corrected chi connectivity index (χ3v) is 3.38. The molecule has 2 N–H and O–H groups in total. The quantitative estimate of drug-likeness (QED) is 0.499. The molecule has 5 nitrogen and oxygen atoms in total. The van der Waals surface area contributed by atoms with Gasteiger partial charge in [0.05, 0.1) is 18.6 Å². The van der Waals surface area contributed by atoms with Crippen molar-refractivity contribution < 1.29 is 9.59 Å². The van der Waals surface area contributed by atoms with Crippen LogP contribution in [0.5, 0.6) is 0 Å². The number of fused-ring (bicyclic) bond motifs is 1. The molecule has 0 aromatic heterocycles. The zero-order valence-corrected chi connectivity index (χ0v) is 9.82. The molecule has 2 amide bonds. The van der Waals surface area contributed by atoms with E-state index in [-0.39, 0.29) is 36.5 Å². The first kappa shape index (κ1) is 11.4. The van der Waals surface area contributed by atoms with E-state index in [1.807, 2.05) is 6.92 Å². The Bertz CT molecular complexity index is 306. The third kappa shape index (κ3) is 1.91. The second-order valence-electron chi connectivity index (χ2n) is 4.54. The molecule has 0 aromatic rings. The highest BCUT2D eigenvalue weighted by atomic mass is 16.2. The Hall–Kier alpha value is -1.10. The lowest BCUT2D eigenvalue weighted by Gasteiger charge is -2.22. The summed E-state index contributed by atoms with van der Waals surface area (Å²) in [6.45, 7) is 5.09. The van der Waals surface area contributed by atoms with E-state index in [1.54, 1.807) is 4.90 Å². The van der Waals surface area contributed by atoms with Crippen molar-refractivity contribution in [3.05, 3.63) is 0 Å². The van der Waals surface area contributed by atoms with Gasteiger partial charge in [0.25, 0.3) is 0 Å². The van der Waals surface area contributed by atoms with Crippen molar-refractivity contribution in [2.75, 3.05) is 13.1 Å². The Kier molecular flexibility index (Phi) is 3.14. The summed E-state index contributed by atoms with van der Waals surface area (Å²) >= 11 is 0. The fraction of sp³-hybridized carbons (Fsp3) is 0.818. The topological polar surface area (TPSA) is 61.2 Å². The van der Waals surface area contributed by atoms with Crippen LogP contribution in [-0.4, -0.2) is 47.9 Å². The van der Waals surface area contributed by atoms with Crippen molar-refractivity contribution in [1.29, 1.82) is 0 Å². The van der Waals surface area contributed by atoms with Crippen LogP contribution in [0.4, 0.5) is 0 Å². The van der Waals surface area contributed by atoms with Crippen LogP contribution in [0.3, 0.4) is 0 Å². The van der Waals surface area contributed by atoms with Gasteiger partial charge in [-0.15, -0.1) is 0 Å². The molecule has 2 aliphatic heterocycles. The van der Waals surface area contributed by atoms with Crippen molar-refractivity contribution >= 4 is 11.8 Å². The number of carbonyl (C=O) groups is 2. The van der Waals surface area contributed by atoms with E-state index in [9.17, 15) is 9.59 Å². The fourth-order valence-corrected chi connectivity index (χ4v) is 2.36. The monoisotopic (exact) mass is 225 g/mol. The number of hydrogen-bond donors (Lipinski definition) is 2. The zero-order chi connectivity index (χ0) is 11.7. The standard InChI is InChI=1S/C11H19N3O2/c1-3-4-5-12-11(16)9-10-7(2)14(10)8(15)6-13-9/h7,9-10,13H,3-6H2,1-2H3,(H,12,16)/t7-,9-,10+,14?/m1/s1. The lowest BCUT2D eigenvalue weighted by Crippen LogP contribution is -2.54. The van der Waals surface area contributed by atoms with Crippen LogP contribution in [0.15, 0.2) is 0 Å². The Morgan fingerprint density at radius 3 is 3.06 bits per heavy atom. The summed E-state index contributed by atoms with van der Waals surface area (Å²) < 4.78 is 0. The molecule has 0 aromatic carbocycles. The minimum atomic E-state index is -0.218. The van der Waals surface area contributed by atoms with Crippen LogP contribution in [0.2, 0.25) is 0 Å². The van der Waals surface area contributed by atoms with Gasteiger partial charge in [-0.05, 0) is 13.3 Å². The highest BCUT2D eigenvalue weighted by Gasteiger charge is 2.56. The van der Waals surface area contributed by atoms with Crippen LogP contribution < -0.4 is 10.6 Å². The van der Waals surface area contributed by atoms with Crippen molar-refractivity contribution in [1.82, 2.24) is 15.5 Å². The van der Waals surface area contributed by atoms with E-state index in [0.29, 0.717) is 0 Å². The van der Waals surface area contributed by atoms with E-state index in [2.05, 4.69) is 17.6 Å². The molecule has 2 rings (SSSR count). The molecule has 16 heavy (non-hydrogen) atoms. The first-order valence-electron chi connectivity index (χ1n) is 5.99. The molecule has 0 bridgehead atoms. The Labute approximate surface area is 95.6 Å². The number of rotatable bonds is 4. The van der Waals surface area contributed by atoms with Crippen LogP contribution in [-0.2, 0) is 9.59 Å². The molecule has 5 heteroatoms. The Balaban J connectivity index is 1.86. The largest absolute Gasteiger partial charge is 0.355 e. The summed E-state index contributed by atoms with van der Waals surface area (Å²) in [6, 6.07) is 0.0665. The summed E-state index contributed by atoms with van der Waals surface area (Å²) in [4.78, 5) is 25.0. The minimum absolute atomic E-state index is 0.0281. The molecule has 0 unspecified atom stereocenters. The van der Waals surface area contributed by atoms with Gasteiger partial charge in [-0.2, -0.15) is 0 Å². The van der Waals surface area contributed by atoms with Gasteiger partial charge in [0.1, 0.15) is 6.04 Å². The van der Waals surface area contributed by atoms with Gasteiger partial charge in [-0.1, -0.05) is 13.3 Å². The zero-order valence-electron chi connectivity index (χ0n) is 9.82. The number of carbonyl (C=O) groups excluding carboxylic acids is 2. The van der Waals surface area contributed by atoms with Gasteiger partial charge >= 0.3 is 0 Å². The predicted octanol–water partition coefficient (Wildman–Crippen LogP) is -0.526. The first-order chi connectivity index (χ1) is 7.66. The smallest absolute Gasteiger partial charge is 0.239 e. The summed E-state index contributed by atoms with van der Waals surface area (Å²) in [5, 5.41) is 5.92. The average molecular weight is 225 g/mol. The number of nitrogens with one attached hydrogen (secondary N) is 2. The number of nitrogens with zero attached hydrogens (tertiary/aromatic N) is 1. The Morgan fingerprint density at radius 2 is 2.38 bits per heavy atom.